The normalized spacial score (nSPS) is 11.3. The van der Waals surface area contributed by atoms with Gasteiger partial charge in [0.1, 0.15) is 5.69 Å². The molecule has 4 rings (SSSR count). The predicted molar refractivity (Wildman–Crippen MR) is 80.1 cm³/mol. The van der Waals surface area contributed by atoms with Crippen LogP contribution in [0.4, 0.5) is 0 Å². The number of aromatic nitrogens is 5. The van der Waals surface area contributed by atoms with E-state index in [0.717, 1.165) is 22.1 Å². The minimum absolute atomic E-state index is 0.579. The molecular formula is C15H13N5O. The maximum Gasteiger partial charge on any atom is 0.215 e. The zero-order valence-electron chi connectivity index (χ0n) is 11.4. The number of ether oxygens (including phenoxy) is 1. The molecule has 6 heteroatoms. The first-order chi connectivity index (χ1) is 10.3. The van der Waals surface area contributed by atoms with Gasteiger partial charge in [-0.15, -0.1) is 0 Å². The second-order valence-corrected chi connectivity index (χ2v) is 4.66. The molecule has 1 aromatic carbocycles. The van der Waals surface area contributed by atoms with Crippen LogP contribution in [0.5, 0.6) is 5.88 Å². The minimum atomic E-state index is 0.579. The summed E-state index contributed by atoms with van der Waals surface area (Å²) in [6.45, 7) is 2.51. The fourth-order valence-corrected chi connectivity index (χ4v) is 2.36. The van der Waals surface area contributed by atoms with Crippen LogP contribution >= 0.6 is 0 Å². The van der Waals surface area contributed by atoms with Crippen molar-refractivity contribution in [3.05, 3.63) is 36.4 Å². The lowest BCUT2D eigenvalue weighted by molar-refractivity contribution is 0.328. The second-order valence-electron chi connectivity index (χ2n) is 4.66. The quantitative estimate of drug-likeness (QED) is 0.604. The maximum absolute atomic E-state index is 5.40. The Hall–Kier alpha value is -2.89. The monoisotopic (exact) mass is 279 g/mol. The molecule has 0 fully saturated rings. The number of nitrogens with one attached hydrogen (secondary N) is 2. The summed E-state index contributed by atoms with van der Waals surface area (Å²) in [6, 6.07) is 11.7. The first-order valence-electron chi connectivity index (χ1n) is 6.78. The third-order valence-corrected chi connectivity index (χ3v) is 3.31. The van der Waals surface area contributed by atoms with Gasteiger partial charge in [-0.05, 0) is 19.1 Å². The first-order valence-corrected chi connectivity index (χ1v) is 6.78. The van der Waals surface area contributed by atoms with Gasteiger partial charge in [0.05, 0.1) is 17.6 Å². The summed E-state index contributed by atoms with van der Waals surface area (Å²) in [7, 11) is 0. The number of para-hydroxylation sites is 1. The number of imidazole rings is 1. The van der Waals surface area contributed by atoms with E-state index in [2.05, 4.69) is 25.1 Å². The van der Waals surface area contributed by atoms with Crippen molar-refractivity contribution in [3.63, 3.8) is 0 Å². The second kappa shape index (κ2) is 4.59. The summed E-state index contributed by atoms with van der Waals surface area (Å²) in [5.41, 5.74) is 3.26. The number of hydrogen-bond acceptors (Lipinski definition) is 4. The van der Waals surface area contributed by atoms with E-state index in [1.165, 1.54) is 0 Å². The molecule has 104 valence electrons. The molecule has 0 unspecified atom stereocenters. The largest absolute Gasteiger partial charge is 0.478 e. The Balaban J connectivity index is 1.86. The lowest BCUT2D eigenvalue weighted by atomic mass is 10.2. The van der Waals surface area contributed by atoms with E-state index in [0.29, 0.717) is 24.0 Å². The average Bonchev–Trinajstić information content (AvgIpc) is 3.10. The van der Waals surface area contributed by atoms with Gasteiger partial charge in [-0.1, -0.05) is 18.2 Å². The average molecular weight is 279 g/mol. The molecule has 0 spiro atoms. The van der Waals surface area contributed by atoms with Crippen LogP contribution in [0.25, 0.3) is 33.6 Å². The number of fused-ring (bicyclic) bond motifs is 2. The van der Waals surface area contributed by atoms with Crippen LogP contribution in [-0.2, 0) is 0 Å². The summed E-state index contributed by atoms with van der Waals surface area (Å²) < 4.78 is 5.40. The molecule has 0 amide bonds. The summed E-state index contributed by atoms with van der Waals surface area (Å²) in [5.74, 6) is 1.28. The van der Waals surface area contributed by atoms with Crippen LogP contribution in [-0.4, -0.2) is 31.8 Å². The third kappa shape index (κ3) is 1.92. The standard InChI is InChI=1S/C15H13N5O/c1-2-21-12-8-7-11-14(17-12)18-15(16-11)13-9-5-3-4-6-10(9)19-20-13/h3-8H,2H2,1H3,(H,19,20)(H,16,17,18). The fourth-order valence-electron chi connectivity index (χ4n) is 2.36. The van der Waals surface area contributed by atoms with Crippen molar-refractivity contribution >= 4 is 22.1 Å². The highest BCUT2D eigenvalue weighted by atomic mass is 16.5. The van der Waals surface area contributed by atoms with Gasteiger partial charge in [0.2, 0.25) is 5.88 Å². The lowest BCUT2D eigenvalue weighted by Crippen LogP contribution is -1.93. The third-order valence-electron chi connectivity index (χ3n) is 3.31. The molecule has 6 nitrogen and oxygen atoms in total. The number of aromatic amines is 2. The van der Waals surface area contributed by atoms with E-state index in [4.69, 9.17) is 4.74 Å². The van der Waals surface area contributed by atoms with E-state index in [9.17, 15) is 0 Å². The molecule has 0 aliphatic heterocycles. The van der Waals surface area contributed by atoms with Gasteiger partial charge in [-0.2, -0.15) is 10.1 Å². The van der Waals surface area contributed by atoms with Crippen molar-refractivity contribution < 1.29 is 4.74 Å². The van der Waals surface area contributed by atoms with Gasteiger partial charge < -0.3 is 9.72 Å². The van der Waals surface area contributed by atoms with Gasteiger partial charge in [0.25, 0.3) is 0 Å². The molecule has 3 heterocycles. The molecule has 21 heavy (non-hydrogen) atoms. The molecule has 4 aromatic rings. The molecular weight excluding hydrogens is 266 g/mol. The van der Waals surface area contributed by atoms with E-state index < -0.39 is 0 Å². The van der Waals surface area contributed by atoms with E-state index in [1.54, 1.807) is 0 Å². The minimum Gasteiger partial charge on any atom is -0.478 e. The van der Waals surface area contributed by atoms with E-state index in [1.807, 2.05) is 43.3 Å². The predicted octanol–water partition coefficient (Wildman–Crippen LogP) is 2.90. The molecule has 0 aliphatic carbocycles. The zero-order valence-corrected chi connectivity index (χ0v) is 11.4. The molecule has 0 atom stereocenters. The van der Waals surface area contributed by atoms with Gasteiger partial charge in [-0.25, -0.2) is 4.98 Å². The lowest BCUT2D eigenvalue weighted by Gasteiger charge is -1.99. The summed E-state index contributed by atoms with van der Waals surface area (Å²) in [4.78, 5) is 12.1. The Morgan fingerprint density at radius 2 is 1.95 bits per heavy atom. The SMILES string of the molecule is CCOc1ccc2[nH]c(-c3n[nH]c4ccccc34)nc2n1. The van der Waals surface area contributed by atoms with Gasteiger partial charge >= 0.3 is 0 Å². The molecule has 0 aliphatic rings. The number of benzene rings is 1. The molecule has 0 saturated heterocycles. The highest BCUT2D eigenvalue weighted by Crippen LogP contribution is 2.26. The van der Waals surface area contributed by atoms with Crippen LogP contribution in [0.15, 0.2) is 36.4 Å². The van der Waals surface area contributed by atoms with E-state index >= 15 is 0 Å². The van der Waals surface area contributed by atoms with E-state index in [-0.39, 0.29) is 0 Å². The summed E-state index contributed by atoms with van der Waals surface area (Å²) in [6.07, 6.45) is 0. The Kier molecular flexibility index (Phi) is 2.60. The van der Waals surface area contributed by atoms with Crippen LogP contribution in [0.3, 0.4) is 0 Å². The highest BCUT2D eigenvalue weighted by molar-refractivity contribution is 5.92. The Morgan fingerprint density at radius 3 is 2.86 bits per heavy atom. The highest BCUT2D eigenvalue weighted by Gasteiger charge is 2.13. The van der Waals surface area contributed by atoms with Crippen molar-refractivity contribution in [3.8, 4) is 17.4 Å². The number of rotatable bonds is 3. The number of pyridine rings is 1. The Labute approximate surface area is 120 Å². The molecule has 2 N–H and O–H groups in total. The molecule has 3 aromatic heterocycles. The molecule has 0 radical (unpaired) electrons. The van der Waals surface area contributed by atoms with Crippen LogP contribution in [0.2, 0.25) is 0 Å². The van der Waals surface area contributed by atoms with Crippen LogP contribution in [0, 0.1) is 0 Å². The van der Waals surface area contributed by atoms with Crippen molar-refractivity contribution in [1.29, 1.82) is 0 Å². The summed E-state index contributed by atoms with van der Waals surface area (Å²) in [5, 5.41) is 8.38. The number of H-pyrrole nitrogens is 2. The fraction of sp³-hybridized carbons (Fsp3) is 0.133. The Morgan fingerprint density at radius 1 is 1.05 bits per heavy atom. The van der Waals surface area contributed by atoms with Crippen molar-refractivity contribution in [2.24, 2.45) is 0 Å². The number of hydrogen-bond donors (Lipinski definition) is 2. The van der Waals surface area contributed by atoms with Crippen molar-refractivity contribution in [1.82, 2.24) is 25.1 Å². The first kappa shape index (κ1) is 11.9. The Bertz CT molecular complexity index is 924. The van der Waals surface area contributed by atoms with Crippen molar-refractivity contribution in [2.45, 2.75) is 6.92 Å². The zero-order chi connectivity index (χ0) is 14.2. The maximum atomic E-state index is 5.40. The smallest absolute Gasteiger partial charge is 0.215 e. The molecule has 0 bridgehead atoms. The van der Waals surface area contributed by atoms with Crippen LogP contribution < -0.4 is 4.74 Å². The number of nitrogens with zero attached hydrogens (tertiary/aromatic N) is 3. The van der Waals surface area contributed by atoms with Gasteiger partial charge in [-0.3, -0.25) is 5.10 Å². The molecule has 0 saturated carbocycles. The summed E-state index contributed by atoms with van der Waals surface area (Å²) >= 11 is 0. The van der Waals surface area contributed by atoms with Gasteiger partial charge in [0.15, 0.2) is 11.5 Å². The van der Waals surface area contributed by atoms with Crippen molar-refractivity contribution in [2.75, 3.05) is 6.61 Å². The van der Waals surface area contributed by atoms with Gasteiger partial charge in [0, 0.05) is 11.5 Å². The van der Waals surface area contributed by atoms with Crippen LogP contribution in [0.1, 0.15) is 6.92 Å². The topological polar surface area (TPSA) is 79.5 Å².